The van der Waals surface area contributed by atoms with E-state index in [1.807, 2.05) is 29.7 Å². The summed E-state index contributed by atoms with van der Waals surface area (Å²) in [6.45, 7) is 4.09. The molecule has 3 rings (SSSR count). The third-order valence-corrected chi connectivity index (χ3v) is 3.66. The smallest absolute Gasteiger partial charge is 0.137 e. The molecule has 0 bridgehead atoms. The average molecular weight is 261 g/mol. The number of fused-ring (bicyclic) bond motifs is 1. The van der Waals surface area contributed by atoms with Crippen molar-refractivity contribution in [1.29, 1.82) is 5.26 Å². The molecule has 0 aliphatic heterocycles. The molecular weight excluding hydrogens is 246 g/mol. The van der Waals surface area contributed by atoms with Crippen LogP contribution in [0.2, 0.25) is 0 Å². The molecule has 0 amide bonds. The van der Waals surface area contributed by atoms with Crippen LogP contribution in [0.1, 0.15) is 23.7 Å². The Kier molecular flexibility index (Phi) is 3.00. The molecule has 2 aromatic heterocycles. The van der Waals surface area contributed by atoms with Crippen molar-refractivity contribution in [2.24, 2.45) is 0 Å². The van der Waals surface area contributed by atoms with Crippen molar-refractivity contribution >= 4 is 5.65 Å². The van der Waals surface area contributed by atoms with Crippen LogP contribution in [0.4, 0.5) is 0 Å². The van der Waals surface area contributed by atoms with E-state index >= 15 is 0 Å². The normalized spacial score (nSPS) is 10.7. The van der Waals surface area contributed by atoms with Crippen LogP contribution in [0.15, 0.2) is 42.6 Å². The zero-order chi connectivity index (χ0) is 14.1. The van der Waals surface area contributed by atoms with Gasteiger partial charge in [0.2, 0.25) is 0 Å². The summed E-state index contributed by atoms with van der Waals surface area (Å²) in [4.78, 5) is 4.63. The fourth-order valence-electron chi connectivity index (χ4n) is 2.36. The summed E-state index contributed by atoms with van der Waals surface area (Å²) in [5.41, 5.74) is 5.84. The monoisotopic (exact) mass is 261 g/mol. The molecule has 98 valence electrons. The summed E-state index contributed by atoms with van der Waals surface area (Å²) >= 11 is 0. The van der Waals surface area contributed by atoms with E-state index < -0.39 is 0 Å². The topological polar surface area (TPSA) is 41.1 Å². The van der Waals surface area contributed by atoms with Crippen molar-refractivity contribution in [1.82, 2.24) is 9.38 Å². The predicted molar refractivity (Wildman–Crippen MR) is 79.5 cm³/mol. The number of nitrogens with zero attached hydrogens (tertiary/aromatic N) is 3. The molecule has 0 spiro atoms. The highest BCUT2D eigenvalue weighted by molar-refractivity contribution is 5.64. The number of benzene rings is 1. The standard InChI is InChI=1S/C17H15N3/c1-3-13-4-6-14(7-5-13)16-11-20-12(2)15(10-18)8-9-17(20)19-16/h4-9,11H,3H2,1-2H3. The summed E-state index contributed by atoms with van der Waals surface area (Å²) in [5.74, 6) is 0. The molecule has 0 aliphatic carbocycles. The molecule has 0 atom stereocenters. The largest absolute Gasteiger partial charge is 0.302 e. The first-order valence-corrected chi connectivity index (χ1v) is 6.71. The lowest BCUT2D eigenvalue weighted by molar-refractivity contribution is 1.08. The minimum Gasteiger partial charge on any atom is -0.302 e. The van der Waals surface area contributed by atoms with Gasteiger partial charge in [-0.25, -0.2) is 4.98 Å². The lowest BCUT2D eigenvalue weighted by Crippen LogP contribution is -1.93. The van der Waals surface area contributed by atoms with Gasteiger partial charge in [-0.2, -0.15) is 5.26 Å². The number of aryl methyl sites for hydroxylation is 2. The number of hydrogen-bond acceptors (Lipinski definition) is 2. The van der Waals surface area contributed by atoms with Crippen molar-refractivity contribution in [3.63, 3.8) is 0 Å². The van der Waals surface area contributed by atoms with Crippen LogP contribution in [0.5, 0.6) is 0 Å². The maximum atomic E-state index is 9.08. The maximum Gasteiger partial charge on any atom is 0.137 e. The van der Waals surface area contributed by atoms with Crippen LogP contribution in [0.25, 0.3) is 16.9 Å². The minimum absolute atomic E-state index is 0.683. The molecule has 0 radical (unpaired) electrons. The number of hydrogen-bond donors (Lipinski definition) is 0. The van der Waals surface area contributed by atoms with Gasteiger partial charge < -0.3 is 4.40 Å². The highest BCUT2D eigenvalue weighted by atomic mass is 15.0. The van der Waals surface area contributed by atoms with E-state index in [2.05, 4.69) is 42.2 Å². The first-order valence-electron chi connectivity index (χ1n) is 6.71. The first kappa shape index (κ1) is 12.4. The lowest BCUT2D eigenvalue weighted by Gasteiger charge is -2.00. The van der Waals surface area contributed by atoms with Gasteiger partial charge in [0, 0.05) is 17.5 Å². The zero-order valence-electron chi connectivity index (χ0n) is 11.6. The molecule has 0 saturated heterocycles. The van der Waals surface area contributed by atoms with E-state index in [9.17, 15) is 0 Å². The highest BCUT2D eigenvalue weighted by Gasteiger charge is 2.08. The van der Waals surface area contributed by atoms with Crippen molar-refractivity contribution in [2.45, 2.75) is 20.3 Å². The summed E-state index contributed by atoms with van der Waals surface area (Å²) in [5, 5.41) is 9.08. The maximum absolute atomic E-state index is 9.08. The van der Waals surface area contributed by atoms with Crippen LogP contribution in [-0.2, 0) is 6.42 Å². The number of pyridine rings is 1. The third kappa shape index (κ3) is 1.96. The lowest BCUT2D eigenvalue weighted by atomic mass is 10.1. The van der Waals surface area contributed by atoms with Gasteiger partial charge in [-0.1, -0.05) is 31.2 Å². The first-order chi connectivity index (χ1) is 9.72. The van der Waals surface area contributed by atoms with Crippen molar-refractivity contribution < 1.29 is 0 Å². The molecule has 3 nitrogen and oxygen atoms in total. The zero-order valence-corrected chi connectivity index (χ0v) is 11.6. The van der Waals surface area contributed by atoms with Gasteiger partial charge >= 0.3 is 0 Å². The van der Waals surface area contributed by atoms with Crippen molar-refractivity contribution in [3.05, 3.63) is 59.4 Å². The molecule has 0 N–H and O–H groups in total. The Bertz CT molecular complexity index is 805. The summed E-state index contributed by atoms with van der Waals surface area (Å²) in [6.07, 6.45) is 3.03. The van der Waals surface area contributed by atoms with Gasteiger partial charge in [0.05, 0.1) is 11.3 Å². The van der Waals surface area contributed by atoms with Gasteiger partial charge in [-0.15, -0.1) is 0 Å². The van der Waals surface area contributed by atoms with Gasteiger partial charge in [-0.05, 0) is 31.0 Å². The fraction of sp³-hybridized carbons (Fsp3) is 0.176. The Morgan fingerprint density at radius 1 is 1.15 bits per heavy atom. The Labute approximate surface area is 118 Å². The van der Waals surface area contributed by atoms with Crippen molar-refractivity contribution in [2.75, 3.05) is 0 Å². The third-order valence-electron chi connectivity index (χ3n) is 3.66. The Morgan fingerprint density at radius 3 is 2.55 bits per heavy atom. The quantitative estimate of drug-likeness (QED) is 0.705. The molecule has 2 heterocycles. The second-order valence-corrected chi connectivity index (χ2v) is 4.85. The second-order valence-electron chi connectivity index (χ2n) is 4.85. The van der Waals surface area contributed by atoms with E-state index in [1.165, 1.54) is 5.56 Å². The van der Waals surface area contributed by atoms with E-state index in [0.717, 1.165) is 29.0 Å². The van der Waals surface area contributed by atoms with E-state index in [1.54, 1.807) is 0 Å². The van der Waals surface area contributed by atoms with Crippen LogP contribution in [0.3, 0.4) is 0 Å². The molecule has 20 heavy (non-hydrogen) atoms. The molecule has 1 aromatic carbocycles. The van der Waals surface area contributed by atoms with E-state index in [-0.39, 0.29) is 0 Å². The Balaban J connectivity index is 2.13. The Morgan fingerprint density at radius 2 is 1.90 bits per heavy atom. The number of nitriles is 1. The molecule has 3 aromatic rings. The van der Waals surface area contributed by atoms with Crippen molar-refractivity contribution in [3.8, 4) is 17.3 Å². The molecule has 0 saturated carbocycles. The Hall–Kier alpha value is -2.60. The van der Waals surface area contributed by atoms with E-state index in [4.69, 9.17) is 5.26 Å². The summed E-state index contributed by atoms with van der Waals surface area (Å²) in [7, 11) is 0. The fourth-order valence-corrected chi connectivity index (χ4v) is 2.36. The van der Waals surface area contributed by atoms with Gasteiger partial charge in [-0.3, -0.25) is 0 Å². The van der Waals surface area contributed by atoms with Crippen LogP contribution < -0.4 is 0 Å². The summed E-state index contributed by atoms with van der Waals surface area (Å²) in [6, 6.07) is 14.4. The molecule has 0 unspecified atom stereocenters. The van der Waals surface area contributed by atoms with E-state index in [0.29, 0.717) is 5.56 Å². The number of aromatic nitrogens is 2. The van der Waals surface area contributed by atoms with Gasteiger partial charge in [0.1, 0.15) is 11.7 Å². The molecule has 3 heteroatoms. The average Bonchev–Trinajstić information content (AvgIpc) is 2.93. The number of rotatable bonds is 2. The van der Waals surface area contributed by atoms with Gasteiger partial charge in [0.15, 0.2) is 0 Å². The molecule has 0 fully saturated rings. The minimum atomic E-state index is 0.683. The second kappa shape index (κ2) is 4.82. The van der Waals surface area contributed by atoms with Crippen LogP contribution in [-0.4, -0.2) is 9.38 Å². The highest BCUT2D eigenvalue weighted by Crippen LogP contribution is 2.21. The summed E-state index contributed by atoms with van der Waals surface area (Å²) < 4.78 is 1.97. The molecular formula is C17H15N3. The SMILES string of the molecule is CCc1ccc(-c2cn3c(C)c(C#N)ccc3n2)cc1. The molecule has 0 aliphatic rings. The van der Waals surface area contributed by atoms with Crippen LogP contribution in [0, 0.1) is 18.3 Å². The van der Waals surface area contributed by atoms with Gasteiger partial charge in [0.25, 0.3) is 0 Å². The predicted octanol–water partition coefficient (Wildman–Crippen LogP) is 3.74. The number of imidazole rings is 1. The van der Waals surface area contributed by atoms with Crippen LogP contribution >= 0.6 is 0 Å².